The number of aromatic amines is 1. The lowest BCUT2D eigenvalue weighted by Crippen LogP contribution is -2.30. The molecule has 2 heterocycles. The van der Waals surface area contributed by atoms with Gasteiger partial charge in [-0.05, 0) is 20.3 Å². The summed E-state index contributed by atoms with van der Waals surface area (Å²) >= 11 is 0. The van der Waals surface area contributed by atoms with Crippen LogP contribution in [0, 0.1) is 0 Å². The molecule has 8 heteroatoms. The third-order valence-corrected chi connectivity index (χ3v) is 3.51. The predicted molar refractivity (Wildman–Crippen MR) is 78.9 cm³/mol. The Kier molecular flexibility index (Phi) is 4.59. The molecule has 0 aliphatic carbocycles. The van der Waals surface area contributed by atoms with Crippen LogP contribution in [0.15, 0.2) is 11.1 Å². The van der Waals surface area contributed by atoms with Crippen LogP contribution < -0.4 is 11.3 Å². The van der Waals surface area contributed by atoms with Crippen molar-refractivity contribution in [1.82, 2.24) is 19.5 Å². The molecule has 3 N–H and O–H groups in total. The second-order valence-corrected chi connectivity index (χ2v) is 4.90. The van der Waals surface area contributed by atoms with Crippen molar-refractivity contribution in [2.75, 3.05) is 12.8 Å². The highest BCUT2D eigenvalue weighted by molar-refractivity contribution is 5.70. The molecule has 0 amide bonds. The first-order chi connectivity index (χ1) is 9.97. The van der Waals surface area contributed by atoms with Gasteiger partial charge in [-0.3, -0.25) is 14.3 Å². The quantitative estimate of drug-likeness (QED) is 0.824. The Morgan fingerprint density at radius 2 is 2.19 bits per heavy atom. The van der Waals surface area contributed by atoms with Crippen LogP contribution in [0.3, 0.4) is 0 Å². The zero-order valence-corrected chi connectivity index (χ0v) is 12.7. The van der Waals surface area contributed by atoms with Gasteiger partial charge in [0.15, 0.2) is 11.2 Å². The fraction of sp³-hybridized carbons (Fsp3) is 0.615. The van der Waals surface area contributed by atoms with Crippen molar-refractivity contribution in [2.24, 2.45) is 0 Å². The van der Waals surface area contributed by atoms with E-state index < -0.39 is 0 Å². The number of aromatic nitrogens is 4. The van der Waals surface area contributed by atoms with Gasteiger partial charge in [0.25, 0.3) is 5.56 Å². The highest BCUT2D eigenvalue weighted by atomic mass is 16.5. The number of nitrogens with zero attached hydrogens (tertiary/aromatic N) is 3. The molecular weight excluding hydrogens is 274 g/mol. The Morgan fingerprint density at radius 3 is 2.81 bits per heavy atom. The van der Waals surface area contributed by atoms with E-state index in [-0.39, 0.29) is 35.5 Å². The Morgan fingerprint density at radius 1 is 1.48 bits per heavy atom. The Labute approximate surface area is 122 Å². The highest BCUT2D eigenvalue weighted by Crippen LogP contribution is 2.19. The normalized spacial score (nSPS) is 16.0. The molecule has 8 nitrogen and oxygen atoms in total. The first kappa shape index (κ1) is 15.5. The van der Waals surface area contributed by atoms with E-state index in [2.05, 4.69) is 15.0 Å². The molecule has 0 radical (unpaired) electrons. The molecule has 2 rings (SSSR count). The standard InChI is InChI=1S/C13H21N5O3/c1-5-9(7(2)20-4)21-8(3)18-6-15-10-11(18)16-13(14)17-12(10)19/h6-9H,5H2,1-4H3,(H3,14,16,17,19)/t7?,8?,9-/m0/s1. The Hall–Kier alpha value is -1.93. The number of nitrogens with two attached hydrogens (primary N) is 1. The highest BCUT2D eigenvalue weighted by Gasteiger charge is 2.21. The zero-order valence-electron chi connectivity index (χ0n) is 12.7. The molecule has 3 atom stereocenters. The van der Waals surface area contributed by atoms with Gasteiger partial charge in [-0.15, -0.1) is 0 Å². The van der Waals surface area contributed by atoms with Crippen molar-refractivity contribution in [1.29, 1.82) is 0 Å². The van der Waals surface area contributed by atoms with E-state index in [1.807, 2.05) is 20.8 Å². The second-order valence-electron chi connectivity index (χ2n) is 4.90. The van der Waals surface area contributed by atoms with Gasteiger partial charge in [-0.1, -0.05) is 6.92 Å². The lowest BCUT2D eigenvalue weighted by atomic mass is 10.2. The molecule has 0 saturated heterocycles. The number of H-pyrrole nitrogens is 1. The molecular formula is C13H21N5O3. The maximum atomic E-state index is 11.8. The molecule has 0 saturated carbocycles. The molecule has 21 heavy (non-hydrogen) atoms. The minimum absolute atomic E-state index is 0.0336. The van der Waals surface area contributed by atoms with Gasteiger partial charge in [-0.25, -0.2) is 4.98 Å². The summed E-state index contributed by atoms with van der Waals surface area (Å²) in [4.78, 5) is 22.4. The van der Waals surface area contributed by atoms with Crippen molar-refractivity contribution in [3.05, 3.63) is 16.7 Å². The summed E-state index contributed by atoms with van der Waals surface area (Å²) in [6, 6.07) is 0. The molecule has 0 aromatic carbocycles. The minimum Gasteiger partial charge on any atom is -0.379 e. The van der Waals surface area contributed by atoms with Crippen molar-refractivity contribution >= 4 is 17.1 Å². The number of hydrogen-bond acceptors (Lipinski definition) is 6. The van der Waals surface area contributed by atoms with E-state index in [9.17, 15) is 4.79 Å². The lowest BCUT2D eigenvalue weighted by Gasteiger charge is -2.26. The molecule has 116 valence electrons. The SMILES string of the molecule is CC[C@H](OC(C)n1cnc2c(=O)[nH]c(N)nc21)C(C)OC. The molecule has 2 unspecified atom stereocenters. The average Bonchev–Trinajstić information content (AvgIpc) is 2.87. The van der Waals surface area contributed by atoms with Crippen LogP contribution in [0.25, 0.3) is 11.2 Å². The summed E-state index contributed by atoms with van der Waals surface area (Å²) in [6.45, 7) is 5.85. The summed E-state index contributed by atoms with van der Waals surface area (Å²) in [7, 11) is 1.65. The Bertz CT molecular complexity index is 665. The molecule has 0 aliphatic rings. The number of nitrogen functional groups attached to an aromatic ring is 1. The third kappa shape index (κ3) is 3.06. The topological polar surface area (TPSA) is 108 Å². The third-order valence-electron chi connectivity index (χ3n) is 3.51. The number of imidazole rings is 1. The number of methoxy groups -OCH3 is 1. The van der Waals surface area contributed by atoms with Gasteiger partial charge in [0.1, 0.15) is 6.23 Å². The van der Waals surface area contributed by atoms with Crippen molar-refractivity contribution < 1.29 is 9.47 Å². The van der Waals surface area contributed by atoms with E-state index in [1.54, 1.807) is 11.7 Å². The van der Waals surface area contributed by atoms with Crippen LogP contribution in [0.2, 0.25) is 0 Å². The van der Waals surface area contributed by atoms with Gasteiger partial charge in [0, 0.05) is 7.11 Å². The van der Waals surface area contributed by atoms with Crippen LogP contribution in [-0.4, -0.2) is 38.8 Å². The van der Waals surface area contributed by atoms with Gasteiger partial charge in [0.05, 0.1) is 18.5 Å². The largest absolute Gasteiger partial charge is 0.379 e. The fourth-order valence-corrected chi connectivity index (χ4v) is 2.22. The number of nitrogens with one attached hydrogen (secondary N) is 1. The smallest absolute Gasteiger partial charge is 0.280 e. The summed E-state index contributed by atoms with van der Waals surface area (Å²) in [5, 5.41) is 0. The van der Waals surface area contributed by atoms with Crippen molar-refractivity contribution in [2.45, 2.75) is 45.6 Å². The minimum atomic E-state index is -0.360. The number of rotatable bonds is 6. The van der Waals surface area contributed by atoms with E-state index in [4.69, 9.17) is 15.2 Å². The zero-order chi connectivity index (χ0) is 15.6. The molecule has 0 aliphatic heterocycles. The molecule has 2 aromatic heterocycles. The van der Waals surface area contributed by atoms with E-state index in [1.165, 1.54) is 6.33 Å². The summed E-state index contributed by atoms with van der Waals surface area (Å²) in [6.07, 6.45) is 1.89. The molecule has 0 spiro atoms. The summed E-state index contributed by atoms with van der Waals surface area (Å²) in [5.74, 6) is 0.0544. The predicted octanol–water partition coefficient (Wildman–Crippen LogP) is 1.05. The summed E-state index contributed by atoms with van der Waals surface area (Å²) in [5.41, 5.74) is 5.87. The molecule has 0 fully saturated rings. The maximum absolute atomic E-state index is 11.8. The van der Waals surface area contributed by atoms with Crippen LogP contribution in [0.1, 0.15) is 33.4 Å². The van der Waals surface area contributed by atoms with Crippen LogP contribution >= 0.6 is 0 Å². The first-order valence-corrected chi connectivity index (χ1v) is 6.88. The molecule has 2 aromatic rings. The number of hydrogen-bond donors (Lipinski definition) is 2. The van der Waals surface area contributed by atoms with E-state index >= 15 is 0 Å². The lowest BCUT2D eigenvalue weighted by molar-refractivity contribution is -0.103. The van der Waals surface area contributed by atoms with Gasteiger partial charge < -0.3 is 15.2 Å². The second kappa shape index (κ2) is 6.23. The van der Waals surface area contributed by atoms with Gasteiger partial charge in [-0.2, -0.15) is 4.98 Å². The van der Waals surface area contributed by atoms with Crippen LogP contribution in [-0.2, 0) is 9.47 Å². The van der Waals surface area contributed by atoms with Gasteiger partial charge >= 0.3 is 0 Å². The summed E-state index contributed by atoms with van der Waals surface area (Å²) < 4.78 is 13.0. The molecule has 0 bridgehead atoms. The first-order valence-electron chi connectivity index (χ1n) is 6.88. The van der Waals surface area contributed by atoms with Crippen LogP contribution in [0.5, 0.6) is 0 Å². The maximum Gasteiger partial charge on any atom is 0.280 e. The Balaban J connectivity index is 2.31. The fourth-order valence-electron chi connectivity index (χ4n) is 2.22. The van der Waals surface area contributed by atoms with Crippen LogP contribution in [0.4, 0.5) is 5.95 Å². The monoisotopic (exact) mass is 295 g/mol. The van der Waals surface area contributed by atoms with E-state index in [0.717, 1.165) is 6.42 Å². The number of fused-ring (bicyclic) bond motifs is 1. The number of anilines is 1. The average molecular weight is 295 g/mol. The van der Waals surface area contributed by atoms with Gasteiger partial charge in [0.2, 0.25) is 5.95 Å². The van der Waals surface area contributed by atoms with Crippen molar-refractivity contribution in [3.8, 4) is 0 Å². The van der Waals surface area contributed by atoms with Crippen molar-refractivity contribution in [3.63, 3.8) is 0 Å². The number of ether oxygens (including phenoxy) is 2. The van der Waals surface area contributed by atoms with E-state index in [0.29, 0.717) is 5.65 Å².